The van der Waals surface area contributed by atoms with Crippen molar-refractivity contribution >= 4 is 0 Å². The minimum absolute atomic E-state index is 0.744. The molecule has 0 saturated heterocycles. The van der Waals surface area contributed by atoms with Gasteiger partial charge in [-0.05, 0) is 31.7 Å². The Bertz CT molecular complexity index is 304. The Morgan fingerprint density at radius 2 is 2.25 bits per heavy atom. The van der Waals surface area contributed by atoms with Crippen molar-refractivity contribution in [2.75, 3.05) is 13.6 Å². The van der Waals surface area contributed by atoms with Crippen molar-refractivity contribution in [3.63, 3.8) is 0 Å². The molecule has 1 aromatic carbocycles. The molecule has 0 fully saturated rings. The molecule has 0 unspecified atom stereocenters. The molecule has 62 valence electrons. The van der Waals surface area contributed by atoms with E-state index in [4.69, 9.17) is 0 Å². The van der Waals surface area contributed by atoms with Crippen molar-refractivity contribution in [3.05, 3.63) is 35.4 Å². The Hall–Kier alpha value is -1.26. The number of hydrogen-bond acceptors (Lipinski definition) is 1. The van der Waals surface area contributed by atoms with Crippen molar-refractivity contribution < 1.29 is 0 Å². The van der Waals surface area contributed by atoms with E-state index in [-0.39, 0.29) is 0 Å². The lowest BCUT2D eigenvalue weighted by Crippen LogP contribution is -2.04. The van der Waals surface area contributed by atoms with Crippen LogP contribution in [0.5, 0.6) is 0 Å². The molecule has 1 heteroatoms. The summed E-state index contributed by atoms with van der Waals surface area (Å²) in [6.07, 6.45) is 0. The Labute approximate surface area is 73.8 Å². The average molecular weight is 159 g/mol. The second-order valence-corrected chi connectivity index (χ2v) is 2.70. The van der Waals surface area contributed by atoms with Crippen LogP contribution in [0.15, 0.2) is 24.3 Å². The third-order valence-electron chi connectivity index (χ3n) is 1.52. The fourth-order valence-corrected chi connectivity index (χ4v) is 0.957. The minimum atomic E-state index is 0.744. The van der Waals surface area contributed by atoms with Crippen LogP contribution in [0.4, 0.5) is 0 Å². The quantitative estimate of drug-likeness (QED) is 0.613. The lowest BCUT2D eigenvalue weighted by atomic mass is 10.1. The van der Waals surface area contributed by atoms with Gasteiger partial charge in [0.05, 0.1) is 6.54 Å². The van der Waals surface area contributed by atoms with Crippen LogP contribution in [-0.4, -0.2) is 13.6 Å². The zero-order chi connectivity index (χ0) is 8.81. The van der Waals surface area contributed by atoms with Gasteiger partial charge in [-0.1, -0.05) is 24.0 Å². The largest absolute Gasteiger partial charge is 0.309 e. The summed E-state index contributed by atoms with van der Waals surface area (Å²) >= 11 is 0. The Morgan fingerprint density at radius 3 is 2.92 bits per heavy atom. The van der Waals surface area contributed by atoms with Crippen LogP contribution in [0.25, 0.3) is 0 Å². The first-order valence-electron chi connectivity index (χ1n) is 4.03. The summed E-state index contributed by atoms with van der Waals surface area (Å²) in [5, 5.41) is 2.98. The molecule has 0 saturated carbocycles. The smallest absolute Gasteiger partial charge is 0.0577 e. The molecule has 0 bridgehead atoms. The molecule has 1 nitrogen and oxygen atoms in total. The number of hydrogen-bond donors (Lipinski definition) is 1. The van der Waals surface area contributed by atoms with Gasteiger partial charge in [-0.3, -0.25) is 0 Å². The van der Waals surface area contributed by atoms with Crippen molar-refractivity contribution in [2.24, 2.45) is 0 Å². The van der Waals surface area contributed by atoms with Crippen molar-refractivity contribution in [1.29, 1.82) is 0 Å². The maximum Gasteiger partial charge on any atom is 0.0577 e. The number of aryl methyl sites for hydroxylation is 1. The van der Waals surface area contributed by atoms with E-state index < -0.39 is 0 Å². The Balaban J connectivity index is 2.71. The zero-order valence-corrected chi connectivity index (χ0v) is 7.52. The van der Waals surface area contributed by atoms with Gasteiger partial charge in [-0.2, -0.15) is 0 Å². The van der Waals surface area contributed by atoms with Crippen LogP contribution in [0.2, 0.25) is 0 Å². The van der Waals surface area contributed by atoms with Crippen LogP contribution in [-0.2, 0) is 0 Å². The molecule has 0 aliphatic rings. The third kappa shape index (κ3) is 2.77. The second kappa shape index (κ2) is 4.58. The summed E-state index contributed by atoms with van der Waals surface area (Å²) in [6.45, 7) is 2.82. The summed E-state index contributed by atoms with van der Waals surface area (Å²) in [5.41, 5.74) is 2.34. The van der Waals surface area contributed by atoms with E-state index >= 15 is 0 Å². The van der Waals surface area contributed by atoms with Crippen molar-refractivity contribution in [2.45, 2.75) is 6.92 Å². The molecule has 0 aromatic heterocycles. The lowest BCUT2D eigenvalue weighted by molar-refractivity contribution is 0.938. The molecule has 0 radical (unpaired) electrons. The lowest BCUT2D eigenvalue weighted by Gasteiger charge is -1.91. The van der Waals surface area contributed by atoms with E-state index in [1.807, 2.05) is 19.2 Å². The molecule has 0 amide bonds. The monoisotopic (exact) mass is 159 g/mol. The van der Waals surface area contributed by atoms with Crippen LogP contribution in [0.3, 0.4) is 0 Å². The SMILES string of the molecule is CNCC#Cc1cccc(C)c1. The van der Waals surface area contributed by atoms with E-state index in [9.17, 15) is 0 Å². The van der Waals surface area contributed by atoms with Crippen LogP contribution >= 0.6 is 0 Å². The van der Waals surface area contributed by atoms with Gasteiger partial charge in [0.25, 0.3) is 0 Å². The van der Waals surface area contributed by atoms with Gasteiger partial charge in [0.1, 0.15) is 0 Å². The van der Waals surface area contributed by atoms with Gasteiger partial charge in [0, 0.05) is 5.56 Å². The fourth-order valence-electron chi connectivity index (χ4n) is 0.957. The highest BCUT2D eigenvalue weighted by Gasteiger charge is 1.85. The predicted octanol–water partition coefficient (Wildman–Crippen LogP) is 1.57. The first-order chi connectivity index (χ1) is 5.83. The van der Waals surface area contributed by atoms with E-state index in [1.165, 1.54) is 5.56 Å². The maximum atomic E-state index is 3.07. The normalized spacial score (nSPS) is 8.83. The van der Waals surface area contributed by atoms with Crippen LogP contribution in [0, 0.1) is 18.8 Å². The number of rotatable bonds is 1. The maximum absolute atomic E-state index is 3.07. The van der Waals surface area contributed by atoms with Crippen LogP contribution < -0.4 is 5.32 Å². The van der Waals surface area contributed by atoms with Crippen molar-refractivity contribution in [1.82, 2.24) is 5.32 Å². The highest BCUT2D eigenvalue weighted by Crippen LogP contribution is 2.01. The number of benzene rings is 1. The Morgan fingerprint density at radius 1 is 1.42 bits per heavy atom. The molecule has 1 rings (SSSR count). The molecule has 12 heavy (non-hydrogen) atoms. The molecule has 0 spiro atoms. The summed E-state index contributed by atoms with van der Waals surface area (Å²) in [6, 6.07) is 8.21. The van der Waals surface area contributed by atoms with Gasteiger partial charge in [-0.25, -0.2) is 0 Å². The van der Waals surface area contributed by atoms with Gasteiger partial charge in [0.15, 0.2) is 0 Å². The third-order valence-corrected chi connectivity index (χ3v) is 1.52. The Kier molecular flexibility index (Phi) is 3.37. The fraction of sp³-hybridized carbons (Fsp3) is 0.273. The first kappa shape index (κ1) is 8.83. The van der Waals surface area contributed by atoms with E-state index in [2.05, 4.69) is 36.2 Å². The molecule has 0 aliphatic carbocycles. The van der Waals surface area contributed by atoms with Crippen molar-refractivity contribution in [3.8, 4) is 11.8 Å². The van der Waals surface area contributed by atoms with E-state index in [0.29, 0.717) is 0 Å². The summed E-state index contributed by atoms with van der Waals surface area (Å²) in [5.74, 6) is 6.09. The molecule has 1 N–H and O–H groups in total. The second-order valence-electron chi connectivity index (χ2n) is 2.70. The predicted molar refractivity (Wildman–Crippen MR) is 52.0 cm³/mol. The summed E-state index contributed by atoms with van der Waals surface area (Å²) in [4.78, 5) is 0. The van der Waals surface area contributed by atoms with E-state index in [1.54, 1.807) is 0 Å². The topological polar surface area (TPSA) is 12.0 Å². The highest BCUT2D eigenvalue weighted by molar-refractivity contribution is 5.36. The molecular weight excluding hydrogens is 146 g/mol. The van der Waals surface area contributed by atoms with Gasteiger partial charge in [-0.15, -0.1) is 0 Å². The molecule has 1 aromatic rings. The summed E-state index contributed by atoms with van der Waals surface area (Å²) < 4.78 is 0. The van der Waals surface area contributed by atoms with Gasteiger partial charge >= 0.3 is 0 Å². The standard InChI is InChI=1S/C11H13N/c1-10-5-3-6-11(9-10)7-4-8-12-2/h3,5-6,9,12H,8H2,1-2H3. The average Bonchev–Trinajstić information content (AvgIpc) is 2.05. The minimum Gasteiger partial charge on any atom is -0.309 e. The zero-order valence-electron chi connectivity index (χ0n) is 7.52. The summed E-state index contributed by atoms with van der Waals surface area (Å²) in [7, 11) is 1.89. The van der Waals surface area contributed by atoms with Gasteiger partial charge in [0.2, 0.25) is 0 Å². The van der Waals surface area contributed by atoms with E-state index in [0.717, 1.165) is 12.1 Å². The number of nitrogens with one attached hydrogen (secondary N) is 1. The first-order valence-corrected chi connectivity index (χ1v) is 4.03. The van der Waals surface area contributed by atoms with Crippen LogP contribution in [0.1, 0.15) is 11.1 Å². The highest BCUT2D eigenvalue weighted by atomic mass is 14.8. The molecule has 0 aliphatic heterocycles. The molecular formula is C11H13N. The van der Waals surface area contributed by atoms with Gasteiger partial charge < -0.3 is 5.32 Å². The molecule has 0 atom stereocenters. The molecule has 0 heterocycles.